The molecule has 0 saturated heterocycles. The summed E-state index contributed by atoms with van der Waals surface area (Å²) in [7, 11) is 0. The number of hydrogen-bond donors (Lipinski definition) is 2. The summed E-state index contributed by atoms with van der Waals surface area (Å²) in [6.07, 6.45) is 0. The molecular formula is C13H21NO4. The monoisotopic (exact) mass is 255 g/mol. The van der Waals surface area contributed by atoms with Gasteiger partial charge in [0.15, 0.2) is 0 Å². The Labute approximate surface area is 107 Å². The van der Waals surface area contributed by atoms with E-state index in [-0.39, 0.29) is 19.1 Å². The maximum atomic E-state index is 11.4. The third-order valence-electron chi connectivity index (χ3n) is 2.69. The van der Waals surface area contributed by atoms with E-state index in [0.717, 1.165) is 5.76 Å². The minimum Gasteiger partial charge on any atom is -0.466 e. The molecular weight excluding hydrogens is 234 g/mol. The summed E-state index contributed by atoms with van der Waals surface area (Å²) in [5, 5.41) is 13.0. The molecule has 0 aromatic carbocycles. The molecule has 2 N–H and O–H groups in total. The Morgan fingerprint density at radius 3 is 2.72 bits per heavy atom. The predicted molar refractivity (Wildman–Crippen MR) is 67.3 cm³/mol. The average Bonchev–Trinajstić information content (AvgIpc) is 2.64. The van der Waals surface area contributed by atoms with Crippen LogP contribution < -0.4 is 5.32 Å². The van der Waals surface area contributed by atoms with E-state index in [4.69, 9.17) is 9.15 Å². The molecule has 1 rings (SSSR count). The van der Waals surface area contributed by atoms with Crippen molar-refractivity contribution < 1.29 is 19.1 Å². The third-order valence-corrected chi connectivity index (χ3v) is 2.69. The van der Waals surface area contributed by atoms with Crippen molar-refractivity contribution in [2.24, 2.45) is 0 Å². The molecule has 0 fully saturated rings. The third kappa shape index (κ3) is 3.85. The second-order valence-corrected chi connectivity index (χ2v) is 4.51. The quantitative estimate of drug-likeness (QED) is 0.802. The Balaban J connectivity index is 2.59. The van der Waals surface area contributed by atoms with Gasteiger partial charge in [0.2, 0.25) is 5.91 Å². The Morgan fingerprint density at radius 2 is 2.22 bits per heavy atom. The van der Waals surface area contributed by atoms with Gasteiger partial charge in [0.05, 0.1) is 6.54 Å². The lowest BCUT2D eigenvalue weighted by molar-refractivity contribution is -0.126. The van der Waals surface area contributed by atoms with Gasteiger partial charge in [-0.05, 0) is 33.8 Å². The van der Waals surface area contributed by atoms with Gasteiger partial charge in [-0.2, -0.15) is 0 Å². The first-order chi connectivity index (χ1) is 8.36. The summed E-state index contributed by atoms with van der Waals surface area (Å²) in [6.45, 7) is 7.70. The first-order valence-corrected chi connectivity index (χ1v) is 6.01. The fourth-order valence-electron chi connectivity index (χ4n) is 1.78. The molecule has 0 unspecified atom stereocenters. The molecule has 1 aromatic rings. The van der Waals surface area contributed by atoms with Gasteiger partial charge in [-0.15, -0.1) is 0 Å². The van der Waals surface area contributed by atoms with E-state index < -0.39 is 5.60 Å². The Hall–Kier alpha value is -1.33. The van der Waals surface area contributed by atoms with Crippen LogP contribution in [0.4, 0.5) is 0 Å². The van der Waals surface area contributed by atoms with Crippen molar-refractivity contribution in [2.45, 2.75) is 33.3 Å². The number of amides is 1. The highest BCUT2D eigenvalue weighted by molar-refractivity contribution is 5.77. The van der Waals surface area contributed by atoms with E-state index in [1.54, 1.807) is 19.9 Å². The molecule has 1 heterocycles. The second-order valence-electron chi connectivity index (χ2n) is 4.51. The van der Waals surface area contributed by atoms with Crippen molar-refractivity contribution in [3.05, 3.63) is 23.2 Å². The van der Waals surface area contributed by atoms with Gasteiger partial charge in [0.1, 0.15) is 23.7 Å². The molecule has 102 valence electrons. The Bertz CT molecular complexity index is 409. The van der Waals surface area contributed by atoms with Crippen molar-refractivity contribution >= 4 is 5.91 Å². The minimum atomic E-state index is -1.15. The van der Waals surface area contributed by atoms with Gasteiger partial charge >= 0.3 is 0 Å². The summed E-state index contributed by atoms with van der Waals surface area (Å²) in [6, 6.07) is 1.78. The summed E-state index contributed by atoms with van der Waals surface area (Å²) in [4.78, 5) is 11.4. The van der Waals surface area contributed by atoms with E-state index in [1.807, 2.05) is 13.8 Å². The largest absolute Gasteiger partial charge is 0.466 e. The minimum absolute atomic E-state index is 0.00990. The number of hydrogen-bond acceptors (Lipinski definition) is 4. The van der Waals surface area contributed by atoms with Gasteiger partial charge in [0.25, 0.3) is 0 Å². The number of nitrogens with one attached hydrogen (secondary N) is 1. The zero-order valence-electron chi connectivity index (χ0n) is 11.4. The molecule has 0 radical (unpaired) electrons. The van der Waals surface area contributed by atoms with E-state index in [2.05, 4.69) is 5.32 Å². The molecule has 0 aliphatic heterocycles. The molecule has 1 aromatic heterocycles. The van der Waals surface area contributed by atoms with Crippen LogP contribution in [0.2, 0.25) is 0 Å². The molecule has 1 atom stereocenters. The highest BCUT2D eigenvalue weighted by Crippen LogP contribution is 2.26. The average molecular weight is 255 g/mol. The summed E-state index contributed by atoms with van der Waals surface area (Å²) in [5.74, 6) is 1.16. The van der Waals surface area contributed by atoms with Crippen LogP contribution in [0.1, 0.15) is 30.9 Å². The van der Waals surface area contributed by atoms with Crippen molar-refractivity contribution in [1.29, 1.82) is 0 Å². The molecule has 5 nitrogen and oxygen atoms in total. The lowest BCUT2D eigenvalue weighted by Crippen LogP contribution is -2.40. The zero-order valence-corrected chi connectivity index (χ0v) is 11.4. The predicted octanol–water partition coefficient (Wildman–Crippen LogP) is 1.26. The van der Waals surface area contributed by atoms with Crippen LogP contribution in [-0.4, -0.2) is 30.8 Å². The molecule has 0 aliphatic carbocycles. The van der Waals surface area contributed by atoms with Gasteiger partial charge in [-0.1, -0.05) is 0 Å². The van der Waals surface area contributed by atoms with Gasteiger partial charge in [-0.3, -0.25) is 4.79 Å². The van der Waals surface area contributed by atoms with Gasteiger partial charge < -0.3 is 19.6 Å². The van der Waals surface area contributed by atoms with E-state index in [0.29, 0.717) is 17.9 Å². The first kappa shape index (κ1) is 14.7. The maximum Gasteiger partial charge on any atom is 0.246 e. The van der Waals surface area contributed by atoms with Crippen molar-refractivity contribution in [1.82, 2.24) is 5.32 Å². The lowest BCUT2D eigenvalue weighted by atomic mass is 9.96. The Kier molecular flexibility index (Phi) is 4.93. The SMILES string of the molecule is CCOCC(=O)NC[C@@](C)(O)c1cc(C)oc1C. The molecule has 0 bridgehead atoms. The van der Waals surface area contributed by atoms with Crippen molar-refractivity contribution in [2.75, 3.05) is 19.8 Å². The fourth-order valence-corrected chi connectivity index (χ4v) is 1.78. The lowest BCUT2D eigenvalue weighted by Gasteiger charge is -2.23. The molecule has 5 heteroatoms. The van der Waals surface area contributed by atoms with Crippen LogP contribution in [0, 0.1) is 13.8 Å². The second kappa shape index (κ2) is 6.02. The van der Waals surface area contributed by atoms with Crippen LogP contribution >= 0.6 is 0 Å². The number of ether oxygens (including phenoxy) is 1. The van der Waals surface area contributed by atoms with E-state index in [9.17, 15) is 9.90 Å². The number of rotatable bonds is 6. The van der Waals surface area contributed by atoms with Crippen molar-refractivity contribution in [3.63, 3.8) is 0 Å². The highest BCUT2D eigenvalue weighted by atomic mass is 16.5. The zero-order chi connectivity index (χ0) is 13.8. The first-order valence-electron chi connectivity index (χ1n) is 6.01. The highest BCUT2D eigenvalue weighted by Gasteiger charge is 2.28. The van der Waals surface area contributed by atoms with Crippen molar-refractivity contribution in [3.8, 4) is 0 Å². The van der Waals surface area contributed by atoms with Crippen LogP contribution in [0.3, 0.4) is 0 Å². The summed E-state index contributed by atoms with van der Waals surface area (Å²) >= 11 is 0. The number of carbonyl (C=O) groups is 1. The van der Waals surface area contributed by atoms with Crippen LogP contribution in [0.15, 0.2) is 10.5 Å². The molecule has 0 saturated carbocycles. The van der Waals surface area contributed by atoms with Gasteiger partial charge in [0, 0.05) is 12.2 Å². The Morgan fingerprint density at radius 1 is 1.56 bits per heavy atom. The molecule has 0 aliphatic rings. The summed E-state index contributed by atoms with van der Waals surface area (Å²) < 4.78 is 10.4. The van der Waals surface area contributed by atoms with E-state index in [1.165, 1.54) is 0 Å². The fraction of sp³-hybridized carbons (Fsp3) is 0.615. The van der Waals surface area contributed by atoms with Gasteiger partial charge in [-0.25, -0.2) is 0 Å². The number of aryl methyl sites for hydroxylation is 2. The molecule has 1 amide bonds. The number of carbonyl (C=O) groups excluding carboxylic acids is 1. The van der Waals surface area contributed by atoms with Crippen LogP contribution in [0.5, 0.6) is 0 Å². The van der Waals surface area contributed by atoms with Crippen LogP contribution in [0.25, 0.3) is 0 Å². The maximum absolute atomic E-state index is 11.4. The van der Waals surface area contributed by atoms with E-state index >= 15 is 0 Å². The smallest absolute Gasteiger partial charge is 0.246 e. The standard InChI is InChI=1S/C13H21NO4/c1-5-17-7-12(15)14-8-13(4,16)11-6-9(2)18-10(11)3/h6,16H,5,7-8H2,1-4H3,(H,14,15)/t13-/m1/s1. The number of furan rings is 1. The molecule has 0 spiro atoms. The normalized spacial score (nSPS) is 14.3. The molecule has 18 heavy (non-hydrogen) atoms. The number of aliphatic hydroxyl groups is 1. The van der Waals surface area contributed by atoms with Crippen LogP contribution in [-0.2, 0) is 15.1 Å². The summed E-state index contributed by atoms with van der Waals surface area (Å²) in [5.41, 5.74) is -0.458. The topological polar surface area (TPSA) is 71.7 Å².